The second kappa shape index (κ2) is 6.84. The van der Waals surface area contributed by atoms with Gasteiger partial charge in [0, 0.05) is 5.92 Å². The molecule has 3 rings (SSSR count). The van der Waals surface area contributed by atoms with Gasteiger partial charge in [0.25, 0.3) is 5.89 Å². The molecule has 23 heavy (non-hydrogen) atoms. The maximum atomic E-state index is 6.31. The van der Waals surface area contributed by atoms with Crippen molar-refractivity contribution in [1.29, 1.82) is 0 Å². The molecule has 0 aliphatic carbocycles. The SMILES string of the molecule is CC(C)c1nnc(COc2ccc(-c3ccccc3)cc2Cl)o1. The molecule has 0 aliphatic rings. The first-order valence-corrected chi connectivity index (χ1v) is 7.81. The van der Waals surface area contributed by atoms with E-state index in [9.17, 15) is 0 Å². The maximum absolute atomic E-state index is 6.31. The third-order valence-corrected chi connectivity index (χ3v) is 3.66. The maximum Gasteiger partial charge on any atom is 0.253 e. The van der Waals surface area contributed by atoms with Crippen LogP contribution in [0.1, 0.15) is 31.5 Å². The molecule has 0 saturated heterocycles. The highest BCUT2D eigenvalue weighted by Crippen LogP contribution is 2.30. The predicted octanol–water partition coefficient (Wildman–Crippen LogP) is 5.09. The lowest BCUT2D eigenvalue weighted by Crippen LogP contribution is -1.96. The third kappa shape index (κ3) is 3.71. The lowest BCUT2D eigenvalue weighted by Gasteiger charge is -2.08. The van der Waals surface area contributed by atoms with Crippen molar-refractivity contribution < 1.29 is 9.15 Å². The Labute approximate surface area is 140 Å². The second-order valence-electron chi connectivity index (χ2n) is 5.49. The topological polar surface area (TPSA) is 48.2 Å². The van der Waals surface area contributed by atoms with Crippen molar-refractivity contribution in [2.24, 2.45) is 0 Å². The fraction of sp³-hybridized carbons (Fsp3) is 0.222. The van der Waals surface area contributed by atoms with Crippen LogP contribution in [0.3, 0.4) is 0 Å². The van der Waals surface area contributed by atoms with Gasteiger partial charge in [0.15, 0.2) is 6.61 Å². The van der Waals surface area contributed by atoms with Crippen LogP contribution in [0.2, 0.25) is 5.02 Å². The zero-order valence-electron chi connectivity index (χ0n) is 13.0. The highest BCUT2D eigenvalue weighted by Gasteiger charge is 2.11. The number of ether oxygens (including phenoxy) is 1. The van der Waals surface area contributed by atoms with Crippen molar-refractivity contribution in [2.75, 3.05) is 0 Å². The molecule has 0 amide bonds. The van der Waals surface area contributed by atoms with Gasteiger partial charge in [-0.25, -0.2) is 0 Å². The molecule has 0 radical (unpaired) electrons. The van der Waals surface area contributed by atoms with E-state index >= 15 is 0 Å². The molecule has 5 heteroatoms. The fourth-order valence-corrected chi connectivity index (χ4v) is 2.36. The summed E-state index contributed by atoms with van der Waals surface area (Å²) in [5.74, 6) is 1.84. The van der Waals surface area contributed by atoms with Crippen LogP contribution in [0.4, 0.5) is 0 Å². The van der Waals surface area contributed by atoms with Gasteiger partial charge in [0.1, 0.15) is 5.75 Å². The van der Waals surface area contributed by atoms with E-state index < -0.39 is 0 Å². The lowest BCUT2D eigenvalue weighted by atomic mass is 10.1. The van der Waals surface area contributed by atoms with Gasteiger partial charge in [-0.15, -0.1) is 10.2 Å². The molecule has 1 aromatic heterocycles. The van der Waals surface area contributed by atoms with Crippen molar-refractivity contribution in [2.45, 2.75) is 26.4 Å². The minimum atomic E-state index is 0.199. The Kier molecular flexibility index (Phi) is 4.63. The molecule has 0 N–H and O–H groups in total. The second-order valence-corrected chi connectivity index (χ2v) is 5.90. The van der Waals surface area contributed by atoms with Gasteiger partial charge in [-0.2, -0.15) is 0 Å². The van der Waals surface area contributed by atoms with E-state index in [0.29, 0.717) is 22.6 Å². The van der Waals surface area contributed by atoms with Crippen molar-refractivity contribution >= 4 is 11.6 Å². The van der Waals surface area contributed by atoms with E-state index in [1.807, 2.05) is 62.4 Å². The number of benzene rings is 2. The van der Waals surface area contributed by atoms with Crippen LogP contribution >= 0.6 is 11.6 Å². The number of nitrogens with zero attached hydrogens (tertiary/aromatic N) is 2. The van der Waals surface area contributed by atoms with E-state index in [1.54, 1.807) is 0 Å². The van der Waals surface area contributed by atoms with E-state index in [0.717, 1.165) is 11.1 Å². The summed E-state index contributed by atoms with van der Waals surface area (Å²) in [6.45, 7) is 4.19. The number of halogens is 1. The summed E-state index contributed by atoms with van der Waals surface area (Å²) in [5.41, 5.74) is 2.15. The molecule has 0 unspecified atom stereocenters. The number of hydrogen-bond acceptors (Lipinski definition) is 4. The Morgan fingerprint density at radius 3 is 2.48 bits per heavy atom. The zero-order valence-corrected chi connectivity index (χ0v) is 13.7. The quantitative estimate of drug-likeness (QED) is 0.654. The van der Waals surface area contributed by atoms with E-state index in [4.69, 9.17) is 20.8 Å². The highest BCUT2D eigenvalue weighted by atomic mass is 35.5. The normalized spacial score (nSPS) is 11.0. The van der Waals surface area contributed by atoms with Gasteiger partial charge >= 0.3 is 0 Å². The first kappa shape index (κ1) is 15.6. The first-order chi connectivity index (χ1) is 11.1. The molecule has 0 atom stereocenters. The largest absolute Gasteiger partial charge is 0.482 e. The van der Waals surface area contributed by atoms with Crippen LogP contribution in [-0.4, -0.2) is 10.2 Å². The number of rotatable bonds is 5. The van der Waals surface area contributed by atoms with Crippen molar-refractivity contribution in [1.82, 2.24) is 10.2 Å². The molecular weight excluding hydrogens is 312 g/mol. The minimum Gasteiger partial charge on any atom is -0.482 e. The Morgan fingerprint density at radius 1 is 1.04 bits per heavy atom. The monoisotopic (exact) mass is 328 g/mol. The van der Waals surface area contributed by atoms with Crippen LogP contribution in [0.5, 0.6) is 5.75 Å². The molecule has 0 fully saturated rings. The summed E-state index contributed by atoms with van der Waals surface area (Å²) < 4.78 is 11.2. The van der Waals surface area contributed by atoms with Crippen LogP contribution in [0.25, 0.3) is 11.1 Å². The van der Waals surface area contributed by atoms with Gasteiger partial charge in [0.2, 0.25) is 5.89 Å². The summed E-state index contributed by atoms with van der Waals surface area (Å²) in [6, 6.07) is 15.8. The standard InChI is InChI=1S/C18H17ClN2O2/c1-12(2)18-21-20-17(23-18)11-22-16-9-8-14(10-15(16)19)13-6-4-3-5-7-13/h3-10,12H,11H2,1-2H3. The number of aromatic nitrogens is 2. The lowest BCUT2D eigenvalue weighted by molar-refractivity contribution is 0.257. The Hall–Kier alpha value is -2.33. The fourth-order valence-electron chi connectivity index (χ4n) is 2.13. The van der Waals surface area contributed by atoms with E-state index in [2.05, 4.69) is 10.2 Å². The summed E-state index contributed by atoms with van der Waals surface area (Å²) in [4.78, 5) is 0. The molecular formula is C18H17ClN2O2. The Morgan fingerprint density at radius 2 is 1.83 bits per heavy atom. The van der Waals surface area contributed by atoms with Gasteiger partial charge in [-0.05, 0) is 23.3 Å². The highest BCUT2D eigenvalue weighted by molar-refractivity contribution is 6.32. The zero-order chi connectivity index (χ0) is 16.2. The minimum absolute atomic E-state index is 0.199. The van der Waals surface area contributed by atoms with Crippen molar-refractivity contribution in [3.05, 3.63) is 65.3 Å². The number of hydrogen-bond donors (Lipinski definition) is 0. The Balaban J connectivity index is 1.71. The van der Waals surface area contributed by atoms with E-state index in [-0.39, 0.29) is 12.5 Å². The van der Waals surface area contributed by atoms with Gasteiger partial charge < -0.3 is 9.15 Å². The average Bonchev–Trinajstić information content (AvgIpc) is 3.04. The third-order valence-electron chi connectivity index (χ3n) is 3.37. The van der Waals surface area contributed by atoms with Gasteiger partial charge in [-0.1, -0.05) is 61.8 Å². The van der Waals surface area contributed by atoms with Crippen LogP contribution in [-0.2, 0) is 6.61 Å². The van der Waals surface area contributed by atoms with Crippen LogP contribution in [0, 0.1) is 0 Å². The Bertz CT molecular complexity index is 785. The molecule has 0 spiro atoms. The molecule has 2 aromatic carbocycles. The summed E-state index contributed by atoms with van der Waals surface area (Å²) in [7, 11) is 0. The average molecular weight is 329 g/mol. The molecule has 1 heterocycles. The summed E-state index contributed by atoms with van der Waals surface area (Å²) in [5, 5.41) is 8.49. The van der Waals surface area contributed by atoms with Crippen molar-refractivity contribution in [3.8, 4) is 16.9 Å². The summed E-state index contributed by atoms with van der Waals surface area (Å²) >= 11 is 6.31. The van der Waals surface area contributed by atoms with E-state index in [1.165, 1.54) is 0 Å². The molecule has 0 saturated carbocycles. The molecule has 4 nitrogen and oxygen atoms in total. The predicted molar refractivity (Wildman–Crippen MR) is 89.6 cm³/mol. The molecule has 118 valence electrons. The van der Waals surface area contributed by atoms with Crippen molar-refractivity contribution in [3.63, 3.8) is 0 Å². The van der Waals surface area contributed by atoms with Crippen LogP contribution < -0.4 is 4.74 Å². The summed E-state index contributed by atoms with van der Waals surface area (Å²) in [6.07, 6.45) is 0. The first-order valence-electron chi connectivity index (χ1n) is 7.43. The van der Waals surface area contributed by atoms with Gasteiger partial charge in [-0.3, -0.25) is 0 Å². The molecule has 0 aliphatic heterocycles. The molecule has 3 aromatic rings. The molecule has 0 bridgehead atoms. The smallest absolute Gasteiger partial charge is 0.253 e. The van der Waals surface area contributed by atoms with Gasteiger partial charge in [0.05, 0.1) is 5.02 Å². The van der Waals surface area contributed by atoms with Crippen LogP contribution in [0.15, 0.2) is 52.9 Å².